The third-order valence-corrected chi connectivity index (χ3v) is 2.96. The van der Waals surface area contributed by atoms with Crippen LogP contribution in [0.15, 0.2) is 28.5 Å². The number of hydrogen-bond acceptors (Lipinski definition) is 2. The Kier molecular flexibility index (Phi) is 3.10. The fourth-order valence-electron chi connectivity index (χ4n) is 1.91. The fraction of sp³-hybridized carbons (Fsp3) is 0.273. The van der Waals surface area contributed by atoms with Crippen LogP contribution in [-0.4, -0.2) is 11.5 Å². The molecule has 0 saturated heterocycles. The summed E-state index contributed by atoms with van der Waals surface area (Å²) in [7, 11) is 0. The van der Waals surface area contributed by atoms with E-state index in [1.165, 1.54) is 5.56 Å². The van der Waals surface area contributed by atoms with Crippen LogP contribution in [0.1, 0.15) is 11.3 Å². The SMILES string of the molecule is Cc1[nH]c2c(Cl)cccc2c1CCN=NN. The Labute approximate surface area is 98.5 Å². The first kappa shape index (κ1) is 11.0. The van der Waals surface area contributed by atoms with Gasteiger partial charge in [-0.3, -0.25) is 0 Å². The van der Waals surface area contributed by atoms with Crippen molar-refractivity contribution < 1.29 is 0 Å². The zero-order chi connectivity index (χ0) is 11.5. The molecule has 0 fully saturated rings. The van der Waals surface area contributed by atoms with E-state index in [1.54, 1.807) is 0 Å². The van der Waals surface area contributed by atoms with E-state index in [4.69, 9.17) is 17.4 Å². The van der Waals surface area contributed by atoms with Gasteiger partial charge in [-0.15, -0.1) is 0 Å². The van der Waals surface area contributed by atoms with Crippen LogP contribution >= 0.6 is 11.6 Å². The van der Waals surface area contributed by atoms with Crippen molar-refractivity contribution in [3.63, 3.8) is 0 Å². The second-order valence-corrected chi connectivity index (χ2v) is 4.03. The molecule has 1 heterocycles. The van der Waals surface area contributed by atoms with E-state index in [1.807, 2.05) is 19.1 Å². The number of hydrogen-bond donors (Lipinski definition) is 2. The highest BCUT2D eigenvalue weighted by Gasteiger charge is 2.09. The summed E-state index contributed by atoms with van der Waals surface area (Å²) in [6.45, 7) is 2.63. The van der Waals surface area contributed by atoms with Gasteiger partial charge in [-0.1, -0.05) is 29.0 Å². The number of fused-ring (bicyclic) bond motifs is 1. The number of H-pyrrole nitrogens is 1. The Morgan fingerprint density at radius 1 is 1.44 bits per heavy atom. The number of aryl methyl sites for hydroxylation is 1. The van der Waals surface area contributed by atoms with Gasteiger partial charge in [-0.2, -0.15) is 5.11 Å². The second-order valence-electron chi connectivity index (χ2n) is 3.62. The number of para-hydroxylation sites is 1. The van der Waals surface area contributed by atoms with E-state index < -0.39 is 0 Å². The van der Waals surface area contributed by atoms with Crippen molar-refractivity contribution in [2.24, 2.45) is 16.2 Å². The van der Waals surface area contributed by atoms with Crippen LogP contribution in [0.3, 0.4) is 0 Å². The maximum atomic E-state index is 6.11. The summed E-state index contributed by atoms with van der Waals surface area (Å²) in [5.74, 6) is 4.97. The van der Waals surface area contributed by atoms with E-state index >= 15 is 0 Å². The number of benzene rings is 1. The second kappa shape index (κ2) is 4.53. The van der Waals surface area contributed by atoms with Gasteiger partial charge in [0, 0.05) is 11.1 Å². The molecule has 2 aromatic rings. The van der Waals surface area contributed by atoms with E-state index in [0.29, 0.717) is 6.54 Å². The van der Waals surface area contributed by atoms with E-state index in [0.717, 1.165) is 28.0 Å². The first-order valence-corrected chi connectivity index (χ1v) is 5.44. The number of halogens is 1. The van der Waals surface area contributed by atoms with E-state index in [9.17, 15) is 0 Å². The normalized spacial score (nSPS) is 11.6. The maximum absolute atomic E-state index is 6.11. The summed E-state index contributed by atoms with van der Waals surface area (Å²) in [6, 6.07) is 5.88. The lowest BCUT2D eigenvalue weighted by molar-refractivity contribution is 0.858. The van der Waals surface area contributed by atoms with Crippen molar-refractivity contribution in [3.05, 3.63) is 34.5 Å². The van der Waals surface area contributed by atoms with Crippen LogP contribution in [0.25, 0.3) is 10.9 Å². The summed E-state index contributed by atoms with van der Waals surface area (Å²) < 4.78 is 0. The van der Waals surface area contributed by atoms with E-state index in [2.05, 4.69) is 21.4 Å². The summed E-state index contributed by atoms with van der Waals surface area (Å²) in [6.07, 6.45) is 0.812. The lowest BCUT2D eigenvalue weighted by Crippen LogP contribution is -1.91. The molecule has 4 nitrogen and oxygen atoms in total. The fourth-order valence-corrected chi connectivity index (χ4v) is 2.13. The Hall–Kier alpha value is -1.55. The minimum atomic E-state index is 0.594. The van der Waals surface area contributed by atoms with Crippen LogP contribution in [0.4, 0.5) is 0 Å². The zero-order valence-corrected chi connectivity index (χ0v) is 9.75. The predicted molar refractivity (Wildman–Crippen MR) is 65.7 cm³/mol. The van der Waals surface area contributed by atoms with E-state index in [-0.39, 0.29) is 0 Å². The van der Waals surface area contributed by atoms with Crippen molar-refractivity contribution in [2.45, 2.75) is 13.3 Å². The summed E-state index contributed by atoms with van der Waals surface area (Å²) >= 11 is 6.11. The van der Waals surface area contributed by atoms with Gasteiger partial charge in [0.2, 0.25) is 0 Å². The molecule has 84 valence electrons. The van der Waals surface area contributed by atoms with Gasteiger partial charge in [0.05, 0.1) is 17.1 Å². The molecule has 5 heteroatoms. The van der Waals surface area contributed by atoms with Crippen molar-refractivity contribution in [2.75, 3.05) is 6.54 Å². The molecule has 0 amide bonds. The van der Waals surface area contributed by atoms with Crippen LogP contribution < -0.4 is 5.84 Å². The quantitative estimate of drug-likeness (QED) is 0.480. The van der Waals surface area contributed by atoms with Gasteiger partial charge < -0.3 is 10.8 Å². The van der Waals surface area contributed by atoms with Crippen molar-refractivity contribution in [3.8, 4) is 0 Å². The summed E-state index contributed by atoms with van der Waals surface area (Å²) in [5, 5.41) is 8.92. The van der Waals surface area contributed by atoms with Gasteiger partial charge in [0.15, 0.2) is 0 Å². The summed E-state index contributed by atoms with van der Waals surface area (Å²) in [5.41, 5.74) is 3.33. The minimum absolute atomic E-state index is 0.594. The molecule has 0 unspecified atom stereocenters. The Bertz CT molecular complexity index is 530. The first-order chi connectivity index (χ1) is 7.74. The Morgan fingerprint density at radius 3 is 3.00 bits per heavy atom. The standard InChI is InChI=1S/C11H13ClN4/c1-7-8(5-6-14-16-13)9-3-2-4-10(12)11(9)15-7/h2-4,15H,5-6H2,1H3,(H2,13,14). The molecular weight excluding hydrogens is 224 g/mol. The molecule has 0 aliphatic carbocycles. The van der Waals surface area contributed by atoms with Crippen LogP contribution in [0.5, 0.6) is 0 Å². The third-order valence-electron chi connectivity index (χ3n) is 2.65. The zero-order valence-electron chi connectivity index (χ0n) is 9.00. The lowest BCUT2D eigenvalue weighted by atomic mass is 10.1. The molecule has 0 aliphatic rings. The molecule has 0 atom stereocenters. The number of nitrogens with zero attached hydrogens (tertiary/aromatic N) is 2. The Balaban J connectivity index is 2.44. The number of rotatable bonds is 3. The molecule has 1 aromatic heterocycles. The average Bonchev–Trinajstić information content (AvgIpc) is 2.58. The minimum Gasteiger partial charge on any atom is -0.357 e. The van der Waals surface area contributed by atoms with Crippen LogP contribution in [-0.2, 0) is 6.42 Å². The predicted octanol–water partition coefficient (Wildman–Crippen LogP) is 3.00. The molecule has 3 N–H and O–H groups in total. The summed E-state index contributed by atoms with van der Waals surface area (Å²) in [4.78, 5) is 3.29. The molecule has 0 bridgehead atoms. The molecule has 16 heavy (non-hydrogen) atoms. The number of aromatic nitrogens is 1. The highest BCUT2D eigenvalue weighted by Crippen LogP contribution is 2.28. The lowest BCUT2D eigenvalue weighted by Gasteiger charge is -1.97. The number of nitrogens with one attached hydrogen (secondary N) is 1. The molecule has 1 aromatic carbocycles. The molecule has 0 saturated carbocycles. The van der Waals surface area contributed by atoms with Gasteiger partial charge in [0.25, 0.3) is 0 Å². The number of aromatic amines is 1. The largest absolute Gasteiger partial charge is 0.357 e. The smallest absolute Gasteiger partial charge is 0.0661 e. The van der Waals surface area contributed by atoms with Crippen molar-refractivity contribution >= 4 is 22.5 Å². The Morgan fingerprint density at radius 2 is 2.25 bits per heavy atom. The van der Waals surface area contributed by atoms with Gasteiger partial charge in [-0.05, 0) is 25.0 Å². The van der Waals surface area contributed by atoms with Crippen LogP contribution in [0, 0.1) is 6.92 Å². The monoisotopic (exact) mass is 236 g/mol. The topological polar surface area (TPSA) is 66.5 Å². The maximum Gasteiger partial charge on any atom is 0.0661 e. The van der Waals surface area contributed by atoms with Gasteiger partial charge >= 0.3 is 0 Å². The highest BCUT2D eigenvalue weighted by molar-refractivity contribution is 6.35. The van der Waals surface area contributed by atoms with Crippen LogP contribution in [0.2, 0.25) is 5.02 Å². The number of nitrogens with two attached hydrogens (primary N) is 1. The molecule has 2 rings (SSSR count). The first-order valence-electron chi connectivity index (χ1n) is 5.06. The van der Waals surface area contributed by atoms with Crippen molar-refractivity contribution in [1.29, 1.82) is 0 Å². The van der Waals surface area contributed by atoms with Gasteiger partial charge in [0.1, 0.15) is 0 Å². The molecule has 0 spiro atoms. The third kappa shape index (κ3) is 1.88. The highest BCUT2D eigenvalue weighted by atomic mass is 35.5. The molecule has 0 radical (unpaired) electrons. The van der Waals surface area contributed by atoms with Gasteiger partial charge in [-0.25, -0.2) is 0 Å². The molecule has 0 aliphatic heterocycles. The average molecular weight is 237 g/mol. The molecular formula is C11H13ClN4. The van der Waals surface area contributed by atoms with Crippen molar-refractivity contribution in [1.82, 2.24) is 4.98 Å².